The first-order valence-corrected chi connectivity index (χ1v) is 9.76. The number of guanidine groups is 1. The molecule has 0 atom stereocenters. The van der Waals surface area contributed by atoms with Gasteiger partial charge in [-0.25, -0.2) is 0 Å². The standard InChI is InChI=1S/C23H30N4O/c1-18-6-11-22(28-3)20(16-18)12-13-25-23(24-2)26-17-19-7-9-21(10-8-19)27-14-4-5-15-27/h4-11,16H,12-15,17H2,1-3H3,(H2,24,25,26). The lowest BCUT2D eigenvalue weighted by atomic mass is 10.1. The zero-order valence-electron chi connectivity index (χ0n) is 17.0. The average molecular weight is 379 g/mol. The number of hydrogen-bond donors (Lipinski definition) is 2. The predicted molar refractivity (Wildman–Crippen MR) is 117 cm³/mol. The van der Waals surface area contributed by atoms with Gasteiger partial charge in [-0.2, -0.15) is 0 Å². The van der Waals surface area contributed by atoms with Crippen LogP contribution in [-0.4, -0.2) is 39.8 Å². The lowest BCUT2D eigenvalue weighted by Crippen LogP contribution is -2.37. The average Bonchev–Trinajstić information content (AvgIpc) is 3.26. The molecule has 0 aromatic heterocycles. The van der Waals surface area contributed by atoms with E-state index in [2.05, 4.69) is 76.0 Å². The molecule has 0 bridgehead atoms. The molecule has 2 aromatic rings. The normalized spacial score (nSPS) is 13.7. The van der Waals surface area contributed by atoms with Crippen LogP contribution in [0.25, 0.3) is 0 Å². The van der Waals surface area contributed by atoms with E-state index in [0.29, 0.717) is 0 Å². The third-order valence-corrected chi connectivity index (χ3v) is 4.93. The summed E-state index contributed by atoms with van der Waals surface area (Å²) < 4.78 is 5.46. The molecule has 0 fully saturated rings. The Hall–Kier alpha value is -2.95. The van der Waals surface area contributed by atoms with Gasteiger partial charge in [0.05, 0.1) is 7.11 Å². The van der Waals surface area contributed by atoms with Crippen LogP contribution in [0.1, 0.15) is 16.7 Å². The van der Waals surface area contributed by atoms with Gasteiger partial charge in [-0.05, 0) is 42.7 Å². The minimum Gasteiger partial charge on any atom is -0.496 e. The molecule has 0 saturated heterocycles. The molecular formula is C23H30N4O. The molecule has 1 aliphatic heterocycles. The SMILES string of the molecule is CN=C(NCCc1cc(C)ccc1OC)NCc1ccc(N2CC=CC2)cc1. The molecular weight excluding hydrogens is 348 g/mol. The van der Waals surface area contributed by atoms with Gasteiger partial charge in [-0.3, -0.25) is 4.99 Å². The third-order valence-electron chi connectivity index (χ3n) is 4.93. The molecule has 148 valence electrons. The first-order chi connectivity index (χ1) is 13.7. The lowest BCUT2D eigenvalue weighted by Gasteiger charge is -2.18. The smallest absolute Gasteiger partial charge is 0.191 e. The van der Waals surface area contributed by atoms with E-state index in [-0.39, 0.29) is 0 Å². The summed E-state index contributed by atoms with van der Waals surface area (Å²) in [6.07, 6.45) is 5.29. The van der Waals surface area contributed by atoms with Crippen molar-refractivity contribution in [2.75, 3.05) is 38.7 Å². The van der Waals surface area contributed by atoms with Gasteiger partial charge >= 0.3 is 0 Å². The second-order valence-electron chi connectivity index (χ2n) is 6.96. The number of rotatable bonds is 7. The Morgan fingerprint density at radius 1 is 1.07 bits per heavy atom. The molecule has 28 heavy (non-hydrogen) atoms. The van der Waals surface area contributed by atoms with Gasteiger partial charge in [0.25, 0.3) is 0 Å². The van der Waals surface area contributed by atoms with Crippen LogP contribution in [-0.2, 0) is 13.0 Å². The van der Waals surface area contributed by atoms with E-state index in [1.54, 1.807) is 14.2 Å². The third kappa shape index (κ3) is 5.28. The van der Waals surface area contributed by atoms with Crippen molar-refractivity contribution in [3.05, 3.63) is 71.3 Å². The Kier molecular flexibility index (Phi) is 6.95. The lowest BCUT2D eigenvalue weighted by molar-refractivity contribution is 0.409. The van der Waals surface area contributed by atoms with Crippen molar-refractivity contribution in [2.24, 2.45) is 4.99 Å². The quantitative estimate of drug-likeness (QED) is 0.441. The van der Waals surface area contributed by atoms with Gasteiger partial charge in [-0.1, -0.05) is 42.0 Å². The molecule has 3 rings (SSSR count). The van der Waals surface area contributed by atoms with Crippen LogP contribution in [0.4, 0.5) is 5.69 Å². The highest BCUT2D eigenvalue weighted by atomic mass is 16.5. The molecule has 5 nitrogen and oxygen atoms in total. The summed E-state index contributed by atoms with van der Waals surface area (Å²) >= 11 is 0. The Bertz CT molecular complexity index is 819. The number of methoxy groups -OCH3 is 1. The number of nitrogens with zero attached hydrogens (tertiary/aromatic N) is 2. The van der Waals surface area contributed by atoms with Crippen molar-refractivity contribution in [3.8, 4) is 5.75 Å². The highest BCUT2D eigenvalue weighted by Crippen LogP contribution is 2.20. The maximum Gasteiger partial charge on any atom is 0.191 e. The summed E-state index contributed by atoms with van der Waals surface area (Å²) in [5, 5.41) is 6.76. The van der Waals surface area contributed by atoms with Gasteiger partial charge in [0, 0.05) is 38.9 Å². The second-order valence-corrected chi connectivity index (χ2v) is 6.96. The Balaban J connectivity index is 1.46. The topological polar surface area (TPSA) is 48.9 Å². The summed E-state index contributed by atoms with van der Waals surface area (Å²) in [5.41, 5.74) is 4.95. The van der Waals surface area contributed by atoms with Gasteiger partial charge in [0.1, 0.15) is 5.75 Å². The number of benzene rings is 2. The Morgan fingerprint density at radius 3 is 2.50 bits per heavy atom. The zero-order valence-corrected chi connectivity index (χ0v) is 17.0. The maximum atomic E-state index is 5.46. The number of nitrogens with one attached hydrogen (secondary N) is 2. The number of aliphatic imine (C=N–C) groups is 1. The van der Waals surface area contributed by atoms with E-state index >= 15 is 0 Å². The highest BCUT2D eigenvalue weighted by molar-refractivity contribution is 5.79. The van der Waals surface area contributed by atoms with E-state index in [1.807, 2.05) is 6.07 Å². The van der Waals surface area contributed by atoms with E-state index in [4.69, 9.17) is 4.74 Å². The Morgan fingerprint density at radius 2 is 1.82 bits per heavy atom. The van der Waals surface area contributed by atoms with Gasteiger partial charge in [0.15, 0.2) is 5.96 Å². The fourth-order valence-electron chi connectivity index (χ4n) is 3.34. The van der Waals surface area contributed by atoms with Crippen molar-refractivity contribution in [1.29, 1.82) is 0 Å². The molecule has 1 aliphatic rings. The van der Waals surface area contributed by atoms with Crippen molar-refractivity contribution in [2.45, 2.75) is 19.9 Å². The second kappa shape index (κ2) is 9.83. The van der Waals surface area contributed by atoms with Crippen molar-refractivity contribution >= 4 is 11.6 Å². The molecule has 1 heterocycles. The van der Waals surface area contributed by atoms with Crippen LogP contribution in [0.2, 0.25) is 0 Å². The molecule has 5 heteroatoms. The largest absolute Gasteiger partial charge is 0.496 e. The van der Waals surface area contributed by atoms with Crippen LogP contribution >= 0.6 is 0 Å². The summed E-state index contributed by atoms with van der Waals surface area (Å²) in [7, 11) is 3.51. The molecule has 0 unspecified atom stereocenters. The summed E-state index contributed by atoms with van der Waals surface area (Å²) in [6, 6.07) is 15.0. The Labute approximate surface area is 168 Å². The van der Waals surface area contributed by atoms with E-state index in [1.165, 1.54) is 22.4 Å². The molecule has 2 N–H and O–H groups in total. The summed E-state index contributed by atoms with van der Waals surface area (Å²) in [4.78, 5) is 6.67. The van der Waals surface area contributed by atoms with Crippen LogP contribution in [0.3, 0.4) is 0 Å². The van der Waals surface area contributed by atoms with Gasteiger partial charge in [-0.15, -0.1) is 0 Å². The van der Waals surface area contributed by atoms with Crippen LogP contribution in [0.5, 0.6) is 5.75 Å². The van der Waals surface area contributed by atoms with Crippen LogP contribution in [0, 0.1) is 6.92 Å². The van der Waals surface area contributed by atoms with E-state index < -0.39 is 0 Å². The molecule has 2 aromatic carbocycles. The number of ether oxygens (including phenoxy) is 1. The first-order valence-electron chi connectivity index (χ1n) is 9.76. The highest BCUT2D eigenvalue weighted by Gasteiger charge is 2.07. The maximum absolute atomic E-state index is 5.46. The monoisotopic (exact) mass is 378 g/mol. The fraction of sp³-hybridized carbons (Fsp3) is 0.348. The molecule has 0 radical (unpaired) electrons. The molecule has 0 saturated carbocycles. The van der Waals surface area contributed by atoms with Crippen LogP contribution in [0.15, 0.2) is 59.6 Å². The van der Waals surface area contributed by atoms with Crippen molar-refractivity contribution in [1.82, 2.24) is 10.6 Å². The molecule has 0 aliphatic carbocycles. The van der Waals surface area contributed by atoms with E-state index in [9.17, 15) is 0 Å². The number of hydrogen-bond acceptors (Lipinski definition) is 3. The van der Waals surface area contributed by atoms with Crippen LogP contribution < -0.4 is 20.3 Å². The molecule has 0 amide bonds. The number of anilines is 1. The summed E-state index contributed by atoms with van der Waals surface area (Å²) in [5.74, 6) is 1.74. The summed E-state index contributed by atoms with van der Waals surface area (Å²) in [6.45, 7) is 5.63. The number of aryl methyl sites for hydroxylation is 1. The molecule has 0 spiro atoms. The van der Waals surface area contributed by atoms with Crippen molar-refractivity contribution < 1.29 is 4.74 Å². The minimum atomic E-state index is 0.742. The fourth-order valence-corrected chi connectivity index (χ4v) is 3.34. The minimum absolute atomic E-state index is 0.742. The predicted octanol–water partition coefficient (Wildman–Crippen LogP) is 3.29. The van der Waals surface area contributed by atoms with E-state index in [0.717, 1.165) is 44.3 Å². The zero-order chi connectivity index (χ0) is 19.8. The van der Waals surface area contributed by atoms with Crippen molar-refractivity contribution in [3.63, 3.8) is 0 Å². The van der Waals surface area contributed by atoms with Gasteiger partial charge < -0.3 is 20.3 Å². The van der Waals surface area contributed by atoms with Gasteiger partial charge in [0.2, 0.25) is 0 Å². The first kappa shape index (κ1) is 19.8.